The molecule has 0 fully saturated rings. The van der Waals surface area contributed by atoms with E-state index in [0.717, 1.165) is 18.4 Å². The van der Waals surface area contributed by atoms with Gasteiger partial charge in [-0.1, -0.05) is 25.8 Å². The summed E-state index contributed by atoms with van der Waals surface area (Å²) in [4.78, 5) is 0. The molecule has 0 amide bonds. The Labute approximate surface area is 78.8 Å². The van der Waals surface area contributed by atoms with E-state index >= 15 is 0 Å². The van der Waals surface area contributed by atoms with Crippen LogP contribution in [0.4, 0.5) is 0 Å². The molecule has 0 unspecified atom stereocenters. The second-order valence-electron chi connectivity index (χ2n) is 3.28. The summed E-state index contributed by atoms with van der Waals surface area (Å²) in [5.74, 6) is -0.0618. The Hall–Kier alpha value is -1.18. The third kappa shape index (κ3) is 2.98. The van der Waals surface area contributed by atoms with Crippen LogP contribution in [0.2, 0.25) is 0 Å². The van der Waals surface area contributed by atoms with E-state index < -0.39 is 0 Å². The first kappa shape index (κ1) is 9.90. The fourth-order valence-electron chi connectivity index (χ4n) is 1.30. The molecule has 0 spiro atoms. The van der Waals surface area contributed by atoms with Gasteiger partial charge in [-0.15, -0.1) is 0 Å². The number of benzene rings is 1. The Balaban J connectivity index is 2.53. The maximum absolute atomic E-state index is 9.21. The molecule has 2 N–H and O–H groups in total. The lowest BCUT2D eigenvalue weighted by Crippen LogP contribution is -1.84. The van der Waals surface area contributed by atoms with Crippen LogP contribution in [0.1, 0.15) is 31.7 Å². The Morgan fingerprint density at radius 2 is 1.85 bits per heavy atom. The van der Waals surface area contributed by atoms with Crippen molar-refractivity contribution >= 4 is 0 Å². The molecular formula is C11H16O2. The fraction of sp³-hybridized carbons (Fsp3) is 0.455. The van der Waals surface area contributed by atoms with Crippen LogP contribution in [0.15, 0.2) is 18.2 Å². The average Bonchev–Trinajstić information content (AvgIpc) is 2.12. The Morgan fingerprint density at radius 3 is 2.46 bits per heavy atom. The second kappa shape index (κ2) is 4.75. The summed E-state index contributed by atoms with van der Waals surface area (Å²) in [7, 11) is 0. The molecule has 0 aliphatic carbocycles. The first-order chi connectivity index (χ1) is 6.24. The number of hydrogen-bond donors (Lipinski definition) is 2. The number of aromatic hydroxyl groups is 2. The van der Waals surface area contributed by atoms with Gasteiger partial charge in [0.15, 0.2) is 11.5 Å². The van der Waals surface area contributed by atoms with Crippen molar-refractivity contribution < 1.29 is 10.2 Å². The number of phenols is 2. The van der Waals surface area contributed by atoms with Crippen LogP contribution in [0.5, 0.6) is 11.5 Å². The van der Waals surface area contributed by atoms with E-state index in [0.29, 0.717) is 0 Å². The van der Waals surface area contributed by atoms with Crippen molar-refractivity contribution in [1.29, 1.82) is 0 Å². The SMILES string of the molecule is CCCCCc1ccc(O)c(O)c1. The zero-order chi connectivity index (χ0) is 9.68. The van der Waals surface area contributed by atoms with E-state index in [1.807, 2.05) is 6.07 Å². The molecule has 72 valence electrons. The van der Waals surface area contributed by atoms with Crippen molar-refractivity contribution in [3.05, 3.63) is 23.8 Å². The molecule has 0 aliphatic rings. The van der Waals surface area contributed by atoms with Gasteiger partial charge in [-0.25, -0.2) is 0 Å². The third-order valence-corrected chi connectivity index (χ3v) is 2.11. The van der Waals surface area contributed by atoms with Gasteiger partial charge in [-0.2, -0.15) is 0 Å². The van der Waals surface area contributed by atoms with Gasteiger partial charge in [0.05, 0.1) is 0 Å². The molecule has 13 heavy (non-hydrogen) atoms. The maximum atomic E-state index is 9.21. The molecule has 1 aromatic rings. The van der Waals surface area contributed by atoms with Crippen molar-refractivity contribution in [2.75, 3.05) is 0 Å². The van der Waals surface area contributed by atoms with Gasteiger partial charge >= 0.3 is 0 Å². The van der Waals surface area contributed by atoms with Gasteiger partial charge in [0.2, 0.25) is 0 Å². The van der Waals surface area contributed by atoms with Gasteiger partial charge in [-0.05, 0) is 30.5 Å². The zero-order valence-electron chi connectivity index (χ0n) is 7.95. The third-order valence-electron chi connectivity index (χ3n) is 2.11. The van der Waals surface area contributed by atoms with Gasteiger partial charge in [0.1, 0.15) is 0 Å². The highest BCUT2D eigenvalue weighted by Crippen LogP contribution is 2.25. The van der Waals surface area contributed by atoms with Crippen LogP contribution in [-0.2, 0) is 6.42 Å². The number of hydrogen-bond acceptors (Lipinski definition) is 2. The Bertz CT molecular complexity index is 269. The summed E-state index contributed by atoms with van der Waals surface area (Å²) in [5.41, 5.74) is 1.09. The lowest BCUT2D eigenvalue weighted by atomic mass is 10.1. The molecule has 0 heterocycles. The molecule has 0 radical (unpaired) electrons. The van der Waals surface area contributed by atoms with Crippen molar-refractivity contribution in [3.8, 4) is 11.5 Å². The Morgan fingerprint density at radius 1 is 1.08 bits per heavy atom. The summed E-state index contributed by atoms with van der Waals surface area (Å²) in [6.07, 6.45) is 4.52. The largest absolute Gasteiger partial charge is 0.504 e. The summed E-state index contributed by atoms with van der Waals surface area (Å²) >= 11 is 0. The van der Waals surface area contributed by atoms with Crippen LogP contribution in [0.3, 0.4) is 0 Å². The topological polar surface area (TPSA) is 40.5 Å². The van der Waals surface area contributed by atoms with Gasteiger partial charge in [0, 0.05) is 0 Å². The highest BCUT2D eigenvalue weighted by atomic mass is 16.3. The monoisotopic (exact) mass is 180 g/mol. The minimum absolute atomic E-state index is 0.0194. The molecule has 0 aromatic heterocycles. The molecule has 0 aliphatic heterocycles. The lowest BCUT2D eigenvalue weighted by molar-refractivity contribution is 0.403. The first-order valence-electron chi connectivity index (χ1n) is 4.75. The van der Waals surface area contributed by atoms with Crippen molar-refractivity contribution in [2.24, 2.45) is 0 Å². The summed E-state index contributed by atoms with van der Waals surface area (Å²) in [5, 5.41) is 18.3. The van der Waals surface area contributed by atoms with E-state index in [9.17, 15) is 5.11 Å². The van der Waals surface area contributed by atoms with Crippen molar-refractivity contribution in [3.63, 3.8) is 0 Å². The molecule has 0 saturated carbocycles. The number of phenolic OH excluding ortho intramolecular Hbond substituents is 2. The van der Waals surface area contributed by atoms with E-state index in [1.165, 1.54) is 18.9 Å². The smallest absolute Gasteiger partial charge is 0.157 e. The standard InChI is InChI=1S/C11H16O2/c1-2-3-4-5-9-6-7-10(12)11(13)8-9/h6-8,12-13H,2-5H2,1H3. The molecular weight excluding hydrogens is 164 g/mol. The van der Waals surface area contributed by atoms with Gasteiger partial charge in [0.25, 0.3) is 0 Å². The quantitative estimate of drug-likeness (QED) is 0.552. The number of aryl methyl sites for hydroxylation is 1. The predicted molar refractivity (Wildman–Crippen MR) is 53.0 cm³/mol. The van der Waals surface area contributed by atoms with Crippen LogP contribution in [0, 0.1) is 0 Å². The van der Waals surface area contributed by atoms with Crippen LogP contribution >= 0.6 is 0 Å². The maximum Gasteiger partial charge on any atom is 0.157 e. The average molecular weight is 180 g/mol. The van der Waals surface area contributed by atoms with Crippen LogP contribution < -0.4 is 0 Å². The van der Waals surface area contributed by atoms with Crippen molar-refractivity contribution in [1.82, 2.24) is 0 Å². The number of rotatable bonds is 4. The normalized spacial score (nSPS) is 10.2. The molecule has 0 atom stereocenters. The summed E-state index contributed by atoms with van der Waals surface area (Å²) in [6.45, 7) is 2.16. The van der Waals surface area contributed by atoms with Crippen LogP contribution in [0.25, 0.3) is 0 Å². The summed E-state index contributed by atoms with van der Waals surface area (Å²) < 4.78 is 0. The molecule has 0 bridgehead atoms. The van der Waals surface area contributed by atoms with E-state index in [2.05, 4.69) is 6.92 Å². The second-order valence-corrected chi connectivity index (χ2v) is 3.28. The number of unbranched alkanes of at least 4 members (excludes halogenated alkanes) is 2. The minimum atomic E-state index is -0.0424. The lowest BCUT2D eigenvalue weighted by Gasteiger charge is -2.02. The first-order valence-corrected chi connectivity index (χ1v) is 4.75. The highest BCUT2D eigenvalue weighted by molar-refractivity contribution is 5.40. The predicted octanol–water partition coefficient (Wildman–Crippen LogP) is 2.83. The fourth-order valence-corrected chi connectivity index (χ4v) is 1.30. The van der Waals surface area contributed by atoms with Crippen LogP contribution in [-0.4, -0.2) is 10.2 Å². The molecule has 1 aromatic carbocycles. The van der Waals surface area contributed by atoms with E-state index in [-0.39, 0.29) is 11.5 Å². The molecule has 0 saturated heterocycles. The Kier molecular flexibility index (Phi) is 3.62. The molecule has 2 nitrogen and oxygen atoms in total. The van der Waals surface area contributed by atoms with Gasteiger partial charge in [-0.3, -0.25) is 0 Å². The van der Waals surface area contributed by atoms with Gasteiger partial charge < -0.3 is 10.2 Å². The minimum Gasteiger partial charge on any atom is -0.504 e. The van der Waals surface area contributed by atoms with E-state index in [1.54, 1.807) is 6.07 Å². The highest BCUT2D eigenvalue weighted by Gasteiger charge is 1.99. The zero-order valence-corrected chi connectivity index (χ0v) is 7.95. The van der Waals surface area contributed by atoms with Crippen molar-refractivity contribution in [2.45, 2.75) is 32.6 Å². The molecule has 1 rings (SSSR count). The molecule has 2 heteroatoms. The van der Waals surface area contributed by atoms with E-state index in [4.69, 9.17) is 5.11 Å². The summed E-state index contributed by atoms with van der Waals surface area (Å²) in [6, 6.07) is 5.02.